The highest BCUT2D eigenvalue weighted by atomic mass is 127. The minimum atomic E-state index is 0.707. The van der Waals surface area contributed by atoms with Gasteiger partial charge in [-0.3, -0.25) is 4.98 Å². The average Bonchev–Trinajstić information content (AvgIpc) is 2.27. The Morgan fingerprint density at radius 3 is 2.40 bits per heavy atom. The van der Waals surface area contributed by atoms with Crippen LogP contribution in [0.5, 0.6) is 11.5 Å². The van der Waals surface area contributed by atoms with Gasteiger partial charge < -0.3 is 9.47 Å². The molecular formula is C11H10INO2. The maximum Gasteiger partial charge on any atom is 0.162 e. The zero-order valence-electron chi connectivity index (χ0n) is 8.45. The Hall–Kier alpha value is -1.04. The van der Waals surface area contributed by atoms with Crippen molar-refractivity contribution in [2.24, 2.45) is 0 Å². The molecule has 0 unspecified atom stereocenters. The van der Waals surface area contributed by atoms with Gasteiger partial charge in [-0.25, -0.2) is 0 Å². The summed E-state index contributed by atoms with van der Waals surface area (Å²) in [5.41, 5.74) is 0.910. The summed E-state index contributed by atoms with van der Waals surface area (Å²) >= 11 is 2.24. The van der Waals surface area contributed by atoms with E-state index in [-0.39, 0.29) is 0 Å². The van der Waals surface area contributed by atoms with Gasteiger partial charge in [-0.1, -0.05) is 0 Å². The predicted molar refractivity (Wildman–Crippen MR) is 67.6 cm³/mol. The standard InChI is InChI=1S/C11H10INO2/c1-14-10-4-7-3-8(12)6-13-9(7)5-11(10)15-2/h3-6H,1-2H3. The van der Waals surface area contributed by atoms with Gasteiger partial charge in [-0.15, -0.1) is 0 Å². The fraction of sp³-hybridized carbons (Fsp3) is 0.182. The van der Waals surface area contributed by atoms with E-state index in [0.717, 1.165) is 20.2 Å². The number of aromatic nitrogens is 1. The fourth-order valence-corrected chi connectivity index (χ4v) is 1.90. The number of nitrogens with zero attached hydrogens (tertiary/aromatic N) is 1. The maximum absolute atomic E-state index is 5.23. The highest BCUT2D eigenvalue weighted by Crippen LogP contribution is 2.31. The molecule has 0 aliphatic heterocycles. The minimum Gasteiger partial charge on any atom is -0.493 e. The van der Waals surface area contributed by atoms with Gasteiger partial charge in [0, 0.05) is 21.2 Å². The number of hydrogen-bond donors (Lipinski definition) is 0. The molecule has 0 radical (unpaired) electrons. The lowest BCUT2D eigenvalue weighted by atomic mass is 10.2. The van der Waals surface area contributed by atoms with E-state index in [1.54, 1.807) is 14.2 Å². The van der Waals surface area contributed by atoms with Crippen molar-refractivity contribution in [3.63, 3.8) is 0 Å². The van der Waals surface area contributed by atoms with Crippen molar-refractivity contribution in [1.29, 1.82) is 0 Å². The van der Waals surface area contributed by atoms with Gasteiger partial charge in [0.25, 0.3) is 0 Å². The number of methoxy groups -OCH3 is 2. The summed E-state index contributed by atoms with van der Waals surface area (Å²) in [6.45, 7) is 0. The number of pyridine rings is 1. The second-order valence-corrected chi connectivity index (χ2v) is 4.30. The van der Waals surface area contributed by atoms with Crippen molar-refractivity contribution in [3.8, 4) is 11.5 Å². The largest absolute Gasteiger partial charge is 0.493 e. The molecule has 0 atom stereocenters. The third-order valence-electron chi connectivity index (χ3n) is 2.15. The van der Waals surface area contributed by atoms with Crippen molar-refractivity contribution in [2.75, 3.05) is 14.2 Å². The normalized spacial score (nSPS) is 10.3. The lowest BCUT2D eigenvalue weighted by molar-refractivity contribution is 0.356. The number of fused-ring (bicyclic) bond motifs is 1. The molecule has 0 aliphatic carbocycles. The molecule has 15 heavy (non-hydrogen) atoms. The first kappa shape index (κ1) is 10.5. The number of benzene rings is 1. The van der Waals surface area contributed by atoms with Crippen molar-refractivity contribution in [1.82, 2.24) is 4.98 Å². The smallest absolute Gasteiger partial charge is 0.162 e. The number of rotatable bonds is 2. The quantitative estimate of drug-likeness (QED) is 0.799. The van der Waals surface area contributed by atoms with Gasteiger partial charge in [0.05, 0.1) is 19.7 Å². The van der Waals surface area contributed by atoms with Crippen molar-refractivity contribution < 1.29 is 9.47 Å². The van der Waals surface area contributed by atoms with Gasteiger partial charge in [0.1, 0.15) is 0 Å². The maximum atomic E-state index is 5.23. The van der Waals surface area contributed by atoms with Crippen LogP contribution in [0.15, 0.2) is 24.4 Å². The summed E-state index contributed by atoms with van der Waals surface area (Å²) in [6.07, 6.45) is 1.83. The molecular weight excluding hydrogens is 305 g/mol. The summed E-state index contributed by atoms with van der Waals surface area (Å²) in [7, 11) is 3.25. The van der Waals surface area contributed by atoms with E-state index in [4.69, 9.17) is 9.47 Å². The lowest BCUT2D eigenvalue weighted by Crippen LogP contribution is -1.91. The summed E-state index contributed by atoms with van der Waals surface area (Å²) < 4.78 is 11.5. The molecule has 2 rings (SSSR count). The van der Waals surface area contributed by atoms with E-state index in [1.807, 2.05) is 18.3 Å². The predicted octanol–water partition coefficient (Wildman–Crippen LogP) is 2.86. The molecule has 2 aromatic rings. The van der Waals surface area contributed by atoms with E-state index < -0.39 is 0 Å². The number of hydrogen-bond acceptors (Lipinski definition) is 3. The monoisotopic (exact) mass is 315 g/mol. The third kappa shape index (κ3) is 1.99. The molecule has 1 aromatic heterocycles. The molecule has 3 nitrogen and oxygen atoms in total. The Morgan fingerprint density at radius 2 is 1.73 bits per heavy atom. The Labute approximate surface area is 102 Å². The van der Waals surface area contributed by atoms with Crippen LogP contribution in [-0.2, 0) is 0 Å². The van der Waals surface area contributed by atoms with Crippen LogP contribution < -0.4 is 9.47 Å². The van der Waals surface area contributed by atoms with Crippen LogP contribution in [0.4, 0.5) is 0 Å². The molecule has 0 fully saturated rings. The van der Waals surface area contributed by atoms with Gasteiger partial charge >= 0.3 is 0 Å². The van der Waals surface area contributed by atoms with Crippen LogP contribution in [0.2, 0.25) is 0 Å². The van der Waals surface area contributed by atoms with Crippen molar-refractivity contribution >= 4 is 33.5 Å². The highest BCUT2D eigenvalue weighted by molar-refractivity contribution is 14.1. The van der Waals surface area contributed by atoms with E-state index >= 15 is 0 Å². The van der Waals surface area contributed by atoms with Gasteiger partial charge in [-0.2, -0.15) is 0 Å². The van der Waals surface area contributed by atoms with Crippen LogP contribution in [0, 0.1) is 3.57 Å². The molecule has 4 heteroatoms. The molecule has 0 N–H and O–H groups in total. The molecule has 0 bridgehead atoms. The van der Waals surface area contributed by atoms with Crippen LogP contribution in [0.1, 0.15) is 0 Å². The first-order chi connectivity index (χ1) is 7.24. The van der Waals surface area contributed by atoms with Gasteiger partial charge in [-0.05, 0) is 34.7 Å². The Morgan fingerprint density at radius 1 is 1.07 bits per heavy atom. The molecule has 1 aromatic carbocycles. The molecule has 1 heterocycles. The summed E-state index contributed by atoms with van der Waals surface area (Å²) in [5, 5.41) is 1.06. The van der Waals surface area contributed by atoms with Crippen LogP contribution in [0.3, 0.4) is 0 Å². The van der Waals surface area contributed by atoms with E-state index in [2.05, 4.69) is 33.6 Å². The van der Waals surface area contributed by atoms with E-state index in [1.165, 1.54) is 0 Å². The summed E-state index contributed by atoms with van der Waals surface area (Å²) in [6, 6.07) is 5.87. The number of halogens is 1. The van der Waals surface area contributed by atoms with Gasteiger partial charge in [0.2, 0.25) is 0 Å². The van der Waals surface area contributed by atoms with Crippen molar-refractivity contribution in [2.45, 2.75) is 0 Å². The third-order valence-corrected chi connectivity index (χ3v) is 2.74. The molecule has 78 valence electrons. The topological polar surface area (TPSA) is 31.4 Å². The first-order valence-electron chi connectivity index (χ1n) is 4.42. The van der Waals surface area contributed by atoms with E-state index in [9.17, 15) is 0 Å². The summed E-state index contributed by atoms with van der Waals surface area (Å²) in [5.74, 6) is 1.44. The van der Waals surface area contributed by atoms with Crippen LogP contribution in [-0.4, -0.2) is 19.2 Å². The Bertz CT molecular complexity index is 499. The van der Waals surface area contributed by atoms with Gasteiger partial charge in [0.15, 0.2) is 11.5 Å². The highest BCUT2D eigenvalue weighted by Gasteiger charge is 2.06. The molecule has 0 saturated heterocycles. The molecule has 0 spiro atoms. The van der Waals surface area contributed by atoms with Crippen molar-refractivity contribution in [3.05, 3.63) is 28.0 Å². The fourth-order valence-electron chi connectivity index (χ4n) is 1.43. The molecule has 0 amide bonds. The Kier molecular flexibility index (Phi) is 2.95. The average molecular weight is 315 g/mol. The molecule has 0 saturated carbocycles. The lowest BCUT2D eigenvalue weighted by Gasteiger charge is -2.08. The zero-order valence-corrected chi connectivity index (χ0v) is 10.6. The SMILES string of the molecule is COc1cc2cc(I)cnc2cc1OC. The minimum absolute atomic E-state index is 0.707. The van der Waals surface area contributed by atoms with E-state index in [0.29, 0.717) is 5.75 Å². The second kappa shape index (κ2) is 4.22. The summed E-state index contributed by atoms with van der Waals surface area (Å²) in [4.78, 5) is 4.32. The zero-order chi connectivity index (χ0) is 10.8. The van der Waals surface area contributed by atoms with Crippen LogP contribution >= 0.6 is 22.6 Å². The Balaban J connectivity index is 2.69. The van der Waals surface area contributed by atoms with Crippen LogP contribution in [0.25, 0.3) is 10.9 Å². The first-order valence-corrected chi connectivity index (χ1v) is 5.50. The molecule has 0 aliphatic rings. The second-order valence-electron chi connectivity index (χ2n) is 3.05. The number of ether oxygens (including phenoxy) is 2.